The Morgan fingerprint density at radius 1 is 1.29 bits per heavy atom. The van der Waals surface area contributed by atoms with Gasteiger partial charge in [-0.1, -0.05) is 20.8 Å². The molecule has 0 bridgehead atoms. The number of halogens is 1. The zero-order valence-electron chi connectivity index (χ0n) is 9.77. The van der Waals surface area contributed by atoms with Crippen LogP contribution in [0, 0.1) is 0 Å². The van der Waals surface area contributed by atoms with E-state index in [1.807, 2.05) is 6.07 Å². The highest BCUT2D eigenvalue weighted by Crippen LogP contribution is 2.28. The molecule has 2 rings (SSSR count). The van der Waals surface area contributed by atoms with Gasteiger partial charge in [-0.2, -0.15) is 0 Å². The molecule has 90 valence electrons. The van der Waals surface area contributed by atoms with Crippen molar-refractivity contribution in [1.29, 1.82) is 0 Å². The van der Waals surface area contributed by atoms with Crippen molar-refractivity contribution < 1.29 is 4.42 Å². The summed E-state index contributed by atoms with van der Waals surface area (Å²) in [6.45, 7) is 6.23. The lowest BCUT2D eigenvalue weighted by Gasteiger charge is -2.16. The first-order valence-electron chi connectivity index (χ1n) is 5.07. The summed E-state index contributed by atoms with van der Waals surface area (Å²) in [5, 5.41) is 1.40. The molecule has 0 saturated carbocycles. The Kier molecular flexibility index (Phi) is 3.53. The van der Waals surface area contributed by atoms with Crippen LogP contribution >= 0.6 is 27.7 Å². The fraction of sp³-hybridized carbons (Fsp3) is 0.364. The highest BCUT2D eigenvalue weighted by atomic mass is 79.9. The van der Waals surface area contributed by atoms with E-state index in [9.17, 15) is 0 Å². The molecule has 2 heterocycles. The minimum Gasteiger partial charge on any atom is -0.440 e. The van der Waals surface area contributed by atoms with Gasteiger partial charge in [0, 0.05) is 11.5 Å². The van der Waals surface area contributed by atoms with Crippen molar-refractivity contribution in [2.24, 2.45) is 0 Å². The first-order valence-corrected chi connectivity index (χ1v) is 6.68. The predicted molar refractivity (Wildman–Crippen MR) is 69.1 cm³/mol. The lowest BCUT2D eigenvalue weighted by Crippen LogP contribution is -2.16. The summed E-state index contributed by atoms with van der Waals surface area (Å²) < 4.78 is 5.95. The highest BCUT2D eigenvalue weighted by Gasteiger charge is 2.19. The van der Waals surface area contributed by atoms with Gasteiger partial charge in [-0.05, 0) is 27.7 Å². The van der Waals surface area contributed by atoms with Crippen LogP contribution in [0.15, 0.2) is 37.8 Å². The van der Waals surface area contributed by atoms with Gasteiger partial charge in [-0.3, -0.25) is 0 Å². The smallest absolute Gasteiger partial charge is 0.261 e. The van der Waals surface area contributed by atoms with E-state index in [-0.39, 0.29) is 5.41 Å². The van der Waals surface area contributed by atoms with E-state index >= 15 is 0 Å². The summed E-state index contributed by atoms with van der Waals surface area (Å²) in [5.74, 6) is 0.793. The van der Waals surface area contributed by atoms with E-state index < -0.39 is 0 Å². The molecular formula is C11H12BrN3OS. The molecule has 0 aliphatic rings. The van der Waals surface area contributed by atoms with Crippen LogP contribution in [0.4, 0.5) is 0 Å². The van der Waals surface area contributed by atoms with Crippen molar-refractivity contribution in [3.63, 3.8) is 0 Å². The summed E-state index contributed by atoms with van der Waals surface area (Å²) in [5.41, 5.74) is -0.0876. The first kappa shape index (κ1) is 12.6. The molecule has 0 fully saturated rings. The number of oxazole rings is 1. The molecule has 0 unspecified atom stereocenters. The van der Waals surface area contributed by atoms with Crippen molar-refractivity contribution in [3.8, 4) is 0 Å². The Labute approximate surface area is 112 Å². The van der Waals surface area contributed by atoms with Gasteiger partial charge in [0.1, 0.15) is 21.7 Å². The average molecular weight is 314 g/mol. The van der Waals surface area contributed by atoms with Gasteiger partial charge in [-0.25, -0.2) is 15.0 Å². The quantitative estimate of drug-likeness (QED) is 0.792. The fourth-order valence-electron chi connectivity index (χ4n) is 1.13. The Balaban J connectivity index is 2.32. The number of aromatic nitrogens is 3. The van der Waals surface area contributed by atoms with Crippen LogP contribution < -0.4 is 0 Å². The third-order valence-corrected chi connectivity index (χ3v) is 3.14. The number of hydrogen-bond donors (Lipinski definition) is 0. The minimum absolute atomic E-state index is 0.0876. The van der Waals surface area contributed by atoms with E-state index in [1.165, 1.54) is 11.8 Å². The molecule has 2 aromatic rings. The molecule has 0 spiro atoms. The molecule has 0 radical (unpaired) electrons. The van der Waals surface area contributed by atoms with Crippen molar-refractivity contribution >= 4 is 27.7 Å². The standard InChI is InChI=1S/C11H12BrN3OS/c1-11(2,3)9-14-7(12)6-8(15-9)17-10-13-4-5-16-10/h4-6H,1-3H3. The molecule has 17 heavy (non-hydrogen) atoms. The molecule has 0 N–H and O–H groups in total. The maximum absolute atomic E-state index is 5.18. The molecule has 4 nitrogen and oxygen atoms in total. The van der Waals surface area contributed by atoms with Crippen LogP contribution in [-0.2, 0) is 5.41 Å². The van der Waals surface area contributed by atoms with E-state index in [0.29, 0.717) is 5.22 Å². The Morgan fingerprint density at radius 3 is 2.65 bits per heavy atom. The average Bonchev–Trinajstić information content (AvgIpc) is 2.68. The van der Waals surface area contributed by atoms with Crippen LogP contribution in [0.1, 0.15) is 26.6 Å². The van der Waals surface area contributed by atoms with Crippen LogP contribution in [-0.4, -0.2) is 15.0 Å². The Hall–Kier alpha value is -0.880. The van der Waals surface area contributed by atoms with Gasteiger partial charge in [0.25, 0.3) is 5.22 Å². The maximum Gasteiger partial charge on any atom is 0.261 e. The van der Waals surface area contributed by atoms with Crippen molar-refractivity contribution in [2.45, 2.75) is 36.4 Å². The molecule has 6 heteroatoms. The molecule has 0 atom stereocenters. The molecule has 2 aromatic heterocycles. The van der Waals surface area contributed by atoms with Crippen LogP contribution in [0.2, 0.25) is 0 Å². The summed E-state index contributed by atoms with van der Waals surface area (Å²) in [6, 6.07) is 1.85. The van der Waals surface area contributed by atoms with Crippen LogP contribution in [0.3, 0.4) is 0 Å². The number of nitrogens with zero attached hydrogens (tertiary/aromatic N) is 3. The summed E-state index contributed by atoms with van der Waals surface area (Å²) in [6.07, 6.45) is 3.16. The summed E-state index contributed by atoms with van der Waals surface area (Å²) in [4.78, 5) is 12.9. The lowest BCUT2D eigenvalue weighted by molar-refractivity contribution is 0.453. The monoisotopic (exact) mass is 313 g/mol. The zero-order valence-corrected chi connectivity index (χ0v) is 12.2. The fourth-order valence-corrected chi connectivity index (χ4v) is 2.37. The van der Waals surface area contributed by atoms with Gasteiger partial charge in [-0.15, -0.1) is 0 Å². The van der Waals surface area contributed by atoms with Gasteiger partial charge in [0.2, 0.25) is 0 Å². The molecular weight excluding hydrogens is 302 g/mol. The topological polar surface area (TPSA) is 51.8 Å². The third-order valence-electron chi connectivity index (χ3n) is 1.94. The minimum atomic E-state index is -0.0876. The second kappa shape index (κ2) is 4.78. The number of hydrogen-bond acceptors (Lipinski definition) is 5. The van der Waals surface area contributed by atoms with Gasteiger partial charge < -0.3 is 4.42 Å². The number of rotatable bonds is 2. The second-order valence-corrected chi connectivity index (χ2v) is 6.29. The maximum atomic E-state index is 5.18. The van der Waals surface area contributed by atoms with Crippen LogP contribution in [0.25, 0.3) is 0 Å². The second-order valence-electron chi connectivity index (χ2n) is 4.50. The molecule has 0 amide bonds. The summed E-state index contributed by atoms with van der Waals surface area (Å²) >= 11 is 4.77. The predicted octanol–water partition coefficient (Wildman–Crippen LogP) is 3.68. The van der Waals surface area contributed by atoms with Gasteiger partial charge in [0.05, 0.1) is 6.20 Å². The first-order chi connectivity index (χ1) is 7.95. The van der Waals surface area contributed by atoms with Crippen molar-refractivity contribution in [3.05, 3.63) is 29.0 Å². The zero-order chi connectivity index (χ0) is 12.5. The Bertz CT molecular complexity index is 508. The summed E-state index contributed by atoms with van der Waals surface area (Å²) in [7, 11) is 0. The van der Waals surface area contributed by atoms with E-state index in [2.05, 4.69) is 51.7 Å². The normalized spacial score (nSPS) is 11.8. The molecule has 0 saturated heterocycles. The van der Waals surface area contributed by atoms with E-state index in [1.54, 1.807) is 12.5 Å². The van der Waals surface area contributed by atoms with E-state index in [0.717, 1.165) is 15.5 Å². The van der Waals surface area contributed by atoms with Crippen LogP contribution in [0.5, 0.6) is 0 Å². The highest BCUT2D eigenvalue weighted by molar-refractivity contribution is 9.10. The molecule has 0 aliphatic carbocycles. The van der Waals surface area contributed by atoms with Crippen molar-refractivity contribution in [2.75, 3.05) is 0 Å². The molecule has 0 aliphatic heterocycles. The molecule has 0 aromatic carbocycles. The van der Waals surface area contributed by atoms with Gasteiger partial charge in [0.15, 0.2) is 0 Å². The van der Waals surface area contributed by atoms with Gasteiger partial charge >= 0.3 is 0 Å². The third kappa shape index (κ3) is 3.29. The SMILES string of the molecule is CC(C)(C)c1nc(Br)cc(Sc2ncco2)n1. The van der Waals surface area contributed by atoms with E-state index in [4.69, 9.17) is 4.42 Å². The largest absolute Gasteiger partial charge is 0.440 e. The Morgan fingerprint density at radius 2 is 2.06 bits per heavy atom. The van der Waals surface area contributed by atoms with Crippen molar-refractivity contribution in [1.82, 2.24) is 15.0 Å². The lowest BCUT2D eigenvalue weighted by atomic mass is 9.96.